The van der Waals surface area contributed by atoms with Crippen LogP contribution in [0.2, 0.25) is 0 Å². The lowest BCUT2D eigenvalue weighted by Gasteiger charge is -2.10. The molecule has 26 heavy (non-hydrogen) atoms. The molecular formula is C21H22BrN3O. The summed E-state index contributed by atoms with van der Waals surface area (Å²) in [6.07, 6.45) is 3.37. The molecule has 134 valence electrons. The van der Waals surface area contributed by atoms with Crippen molar-refractivity contribution < 1.29 is 0 Å². The molecule has 1 heterocycles. The van der Waals surface area contributed by atoms with E-state index in [9.17, 15) is 4.79 Å². The third kappa shape index (κ3) is 3.63. The van der Waals surface area contributed by atoms with Gasteiger partial charge < -0.3 is 0 Å². The van der Waals surface area contributed by atoms with Gasteiger partial charge in [0.05, 0.1) is 17.1 Å². The fourth-order valence-corrected chi connectivity index (χ4v) is 3.57. The third-order valence-electron chi connectivity index (χ3n) is 4.39. The van der Waals surface area contributed by atoms with Crippen LogP contribution in [0.3, 0.4) is 0 Å². The Morgan fingerprint density at radius 3 is 2.50 bits per heavy atom. The lowest BCUT2D eigenvalue weighted by Crippen LogP contribution is -2.22. The summed E-state index contributed by atoms with van der Waals surface area (Å²) in [5.41, 5.74) is 5.12. The zero-order valence-electron chi connectivity index (χ0n) is 15.5. The summed E-state index contributed by atoms with van der Waals surface area (Å²) in [4.78, 5) is 17.7. The first-order valence-corrected chi connectivity index (χ1v) is 9.53. The van der Waals surface area contributed by atoms with Crippen LogP contribution in [0.4, 0.5) is 0 Å². The number of benzene rings is 2. The van der Waals surface area contributed by atoms with Gasteiger partial charge in [0, 0.05) is 16.5 Å². The molecule has 0 unspecified atom stereocenters. The molecule has 0 aliphatic carbocycles. The van der Waals surface area contributed by atoms with Crippen LogP contribution in [0.1, 0.15) is 41.4 Å². The summed E-state index contributed by atoms with van der Waals surface area (Å²) >= 11 is 3.43. The highest BCUT2D eigenvalue weighted by atomic mass is 79.9. The molecule has 1 aromatic heterocycles. The summed E-state index contributed by atoms with van der Waals surface area (Å²) in [7, 11) is 0. The molecule has 0 saturated carbocycles. The van der Waals surface area contributed by atoms with Gasteiger partial charge in [0.15, 0.2) is 0 Å². The molecule has 0 N–H and O–H groups in total. The highest BCUT2D eigenvalue weighted by Crippen LogP contribution is 2.17. The molecule has 0 bridgehead atoms. The molecule has 2 aromatic carbocycles. The lowest BCUT2D eigenvalue weighted by atomic mass is 10.0. The normalized spacial score (nSPS) is 11.6. The van der Waals surface area contributed by atoms with Crippen LogP contribution in [-0.4, -0.2) is 15.9 Å². The van der Waals surface area contributed by atoms with Crippen LogP contribution >= 0.6 is 15.9 Å². The van der Waals surface area contributed by atoms with Gasteiger partial charge in [-0.25, -0.2) is 4.98 Å². The van der Waals surface area contributed by atoms with E-state index in [1.54, 1.807) is 12.3 Å². The van der Waals surface area contributed by atoms with Crippen LogP contribution in [0.5, 0.6) is 0 Å². The van der Waals surface area contributed by atoms with Crippen molar-refractivity contribution in [1.82, 2.24) is 9.66 Å². The molecular weight excluding hydrogens is 390 g/mol. The van der Waals surface area contributed by atoms with Crippen molar-refractivity contribution in [3.8, 4) is 0 Å². The molecule has 0 radical (unpaired) electrons. The lowest BCUT2D eigenvalue weighted by molar-refractivity contribution is 0.703. The minimum absolute atomic E-state index is 0.140. The van der Waals surface area contributed by atoms with E-state index in [0.717, 1.165) is 27.6 Å². The number of aromatic nitrogens is 2. The van der Waals surface area contributed by atoms with Gasteiger partial charge in [0.1, 0.15) is 5.82 Å². The number of fused-ring (bicyclic) bond motifs is 1. The number of hydrogen-bond donors (Lipinski definition) is 0. The summed E-state index contributed by atoms with van der Waals surface area (Å²) in [5.74, 6) is 0.686. The number of nitrogens with zero attached hydrogens (tertiary/aromatic N) is 3. The average molecular weight is 412 g/mol. The zero-order valence-corrected chi connectivity index (χ0v) is 17.1. The van der Waals surface area contributed by atoms with E-state index in [1.165, 1.54) is 10.2 Å². The second-order valence-corrected chi connectivity index (χ2v) is 7.53. The van der Waals surface area contributed by atoms with Crippen molar-refractivity contribution in [1.29, 1.82) is 0 Å². The largest absolute Gasteiger partial charge is 0.282 e. The monoisotopic (exact) mass is 411 g/mol. The van der Waals surface area contributed by atoms with E-state index >= 15 is 0 Å². The molecule has 0 aliphatic rings. The molecule has 0 spiro atoms. The van der Waals surface area contributed by atoms with E-state index in [0.29, 0.717) is 23.1 Å². The van der Waals surface area contributed by atoms with Crippen molar-refractivity contribution in [3.05, 3.63) is 73.2 Å². The van der Waals surface area contributed by atoms with Gasteiger partial charge in [-0.3, -0.25) is 4.79 Å². The van der Waals surface area contributed by atoms with Crippen molar-refractivity contribution in [2.45, 2.75) is 40.5 Å². The fourth-order valence-electron chi connectivity index (χ4n) is 3.21. The maximum atomic E-state index is 13.0. The van der Waals surface area contributed by atoms with Gasteiger partial charge in [-0.05, 0) is 56.5 Å². The molecule has 5 heteroatoms. The third-order valence-corrected chi connectivity index (χ3v) is 4.88. The minimum atomic E-state index is -0.140. The van der Waals surface area contributed by atoms with E-state index in [2.05, 4.69) is 65.8 Å². The first-order valence-electron chi connectivity index (χ1n) is 8.74. The number of rotatable bonds is 4. The maximum absolute atomic E-state index is 13.0. The summed E-state index contributed by atoms with van der Waals surface area (Å²) in [6.45, 7) is 8.27. The molecule has 0 fully saturated rings. The highest BCUT2D eigenvalue weighted by molar-refractivity contribution is 9.10. The van der Waals surface area contributed by atoms with Gasteiger partial charge >= 0.3 is 0 Å². The van der Waals surface area contributed by atoms with Gasteiger partial charge in [-0.1, -0.05) is 40.5 Å². The van der Waals surface area contributed by atoms with Gasteiger partial charge in [-0.15, -0.1) is 0 Å². The Bertz CT molecular complexity index is 1040. The summed E-state index contributed by atoms with van der Waals surface area (Å²) in [5, 5.41) is 5.09. The quantitative estimate of drug-likeness (QED) is 0.571. The van der Waals surface area contributed by atoms with Crippen molar-refractivity contribution >= 4 is 33.0 Å². The molecule has 0 amide bonds. The van der Waals surface area contributed by atoms with Crippen LogP contribution < -0.4 is 5.56 Å². The van der Waals surface area contributed by atoms with Gasteiger partial charge in [0.25, 0.3) is 5.56 Å². The summed E-state index contributed by atoms with van der Waals surface area (Å²) in [6, 6.07) is 9.81. The molecule has 0 atom stereocenters. The minimum Gasteiger partial charge on any atom is -0.267 e. The number of hydrogen-bond acceptors (Lipinski definition) is 3. The molecule has 3 rings (SSSR count). The summed E-state index contributed by atoms with van der Waals surface area (Å²) < 4.78 is 2.30. The Morgan fingerprint density at radius 2 is 1.85 bits per heavy atom. The zero-order chi connectivity index (χ0) is 18.8. The highest BCUT2D eigenvalue weighted by Gasteiger charge is 2.11. The maximum Gasteiger partial charge on any atom is 0.282 e. The Morgan fingerprint density at radius 1 is 1.15 bits per heavy atom. The van der Waals surface area contributed by atoms with Crippen LogP contribution in [0.15, 0.2) is 44.7 Å². The van der Waals surface area contributed by atoms with E-state index in [-0.39, 0.29) is 5.56 Å². The van der Waals surface area contributed by atoms with E-state index < -0.39 is 0 Å². The predicted molar refractivity (Wildman–Crippen MR) is 111 cm³/mol. The van der Waals surface area contributed by atoms with Crippen LogP contribution in [-0.2, 0) is 6.42 Å². The Kier molecular flexibility index (Phi) is 5.37. The topological polar surface area (TPSA) is 47.2 Å². The first-order chi connectivity index (χ1) is 12.4. The Balaban J connectivity index is 2.19. The standard InChI is InChI=1S/C21H22BrN3O/c1-5-6-20-24-19-8-7-16(22)11-17(19)21(26)25(20)23-12-18-14(3)9-13(2)10-15(18)4/h7-12H,5-6H2,1-4H3. The second kappa shape index (κ2) is 7.54. The number of aryl methyl sites for hydroxylation is 4. The smallest absolute Gasteiger partial charge is 0.267 e. The SMILES string of the molecule is CCCc1nc2ccc(Br)cc2c(=O)n1N=Cc1c(C)cc(C)cc1C. The molecule has 0 aliphatic heterocycles. The van der Waals surface area contributed by atoms with Crippen molar-refractivity contribution in [2.24, 2.45) is 5.10 Å². The molecule has 4 nitrogen and oxygen atoms in total. The van der Waals surface area contributed by atoms with E-state index in [1.807, 2.05) is 12.1 Å². The van der Waals surface area contributed by atoms with Crippen LogP contribution in [0.25, 0.3) is 10.9 Å². The van der Waals surface area contributed by atoms with E-state index in [4.69, 9.17) is 0 Å². The molecule has 0 saturated heterocycles. The predicted octanol–water partition coefficient (Wildman–Crippen LogP) is 4.92. The Labute approximate surface area is 161 Å². The second-order valence-electron chi connectivity index (χ2n) is 6.61. The van der Waals surface area contributed by atoms with Gasteiger partial charge in [-0.2, -0.15) is 9.78 Å². The average Bonchev–Trinajstić information content (AvgIpc) is 2.57. The first kappa shape index (κ1) is 18.5. The Hall–Kier alpha value is -2.27. The van der Waals surface area contributed by atoms with Crippen molar-refractivity contribution in [2.75, 3.05) is 0 Å². The van der Waals surface area contributed by atoms with Crippen LogP contribution in [0, 0.1) is 20.8 Å². The van der Waals surface area contributed by atoms with Crippen molar-refractivity contribution in [3.63, 3.8) is 0 Å². The fraction of sp³-hybridized carbons (Fsp3) is 0.286. The molecule has 3 aromatic rings. The van der Waals surface area contributed by atoms with Gasteiger partial charge in [0.2, 0.25) is 0 Å². The number of halogens is 1.